The van der Waals surface area contributed by atoms with Crippen molar-refractivity contribution >= 4 is 33.1 Å². The Morgan fingerprint density at radius 2 is 2.06 bits per heavy atom. The number of carbonyl (C=O) groups excluding carboxylic acids is 1. The zero-order valence-electron chi connectivity index (χ0n) is 8.20. The van der Waals surface area contributed by atoms with Crippen LogP contribution in [-0.4, -0.2) is 27.0 Å². The number of hydrogen-bond acceptors (Lipinski definition) is 3. The fourth-order valence-electron chi connectivity index (χ4n) is 1.57. The number of sulfonamides is 1. The van der Waals surface area contributed by atoms with Gasteiger partial charge in [-0.05, 0) is 12.1 Å². The Kier molecular flexibility index (Phi) is 2.43. The Hall–Kier alpha value is -1.14. The van der Waals surface area contributed by atoms with Crippen LogP contribution < -0.4 is 4.31 Å². The molecule has 0 aliphatic carbocycles. The molecule has 1 aliphatic rings. The van der Waals surface area contributed by atoms with Gasteiger partial charge in [-0.2, -0.15) is 0 Å². The monoisotopic (exact) mass is 263 g/mol. The molecule has 86 valence electrons. The van der Waals surface area contributed by atoms with Crippen LogP contribution in [0.3, 0.4) is 0 Å². The molecular formula is C9H7ClFNO3S. The van der Waals surface area contributed by atoms with Crippen molar-refractivity contribution in [2.45, 2.75) is 0 Å². The average molecular weight is 264 g/mol. The normalized spacial score (nSPS) is 18.4. The van der Waals surface area contributed by atoms with Gasteiger partial charge in [0.1, 0.15) is 11.6 Å². The smallest absolute Gasteiger partial charge is 0.242 e. The third-order valence-corrected chi connectivity index (χ3v) is 4.26. The van der Waals surface area contributed by atoms with Crippen LogP contribution in [0.2, 0.25) is 5.02 Å². The molecule has 0 atom stereocenters. The number of rotatable bonds is 0. The van der Waals surface area contributed by atoms with Gasteiger partial charge in [0.25, 0.3) is 0 Å². The highest BCUT2D eigenvalue weighted by molar-refractivity contribution is 7.93. The molecule has 0 amide bonds. The maximum absolute atomic E-state index is 13.5. The number of fused-ring (bicyclic) bond motifs is 1. The van der Waals surface area contributed by atoms with Crippen LogP contribution in [0.4, 0.5) is 10.1 Å². The van der Waals surface area contributed by atoms with Gasteiger partial charge in [-0.1, -0.05) is 11.6 Å². The summed E-state index contributed by atoms with van der Waals surface area (Å²) in [5, 5.41) is 0.0491. The molecule has 0 fully saturated rings. The van der Waals surface area contributed by atoms with Crippen molar-refractivity contribution in [1.29, 1.82) is 0 Å². The molecule has 0 radical (unpaired) electrons. The number of ketones is 1. The van der Waals surface area contributed by atoms with E-state index >= 15 is 0 Å². The number of Topliss-reactive ketones (excluding diaryl/α,β-unsaturated/α-hetero) is 1. The molecule has 2 rings (SSSR count). The lowest BCUT2D eigenvalue weighted by Crippen LogP contribution is -2.38. The van der Waals surface area contributed by atoms with E-state index in [0.717, 1.165) is 10.4 Å². The zero-order valence-corrected chi connectivity index (χ0v) is 9.77. The molecule has 4 nitrogen and oxygen atoms in total. The lowest BCUT2D eigenvalue weighted by Gasteiger charge is -2.26. The van der Waals surface area contributed by atoms with Crippen LogP contribution in [0.15, 0.2) is 12.1 Å². The maximum atomic E-state index is 13.5. The Labute approximate surface area is 96.7 Å². The summed E-state index contributed by atoms with van der Waals surface area (Å²) in [7, 11) is -2.44. The lowest BCUT2D eigenvalue weighted by atomic mass is 10.1. The van der Waals surface area contributed by atoms with Crippen LogP contribution in [0.25, 0.3) is 0 Å². The predicted molar refractivity (Wildman–Crippen MR) is 57.9 cm³/mol. The van der Waals surface area contributed by atoms with Gasteiger partial charge >= 0.3 is 0 Å². The highest BCUT2D eigenvalue weighted by Crippen LogP contribution is 2.32. The first kappa shape index (κ1) is 11.3. The van der Waals surface area contributed by atoms with Crippen LogP contribution in [0, 0.1) is 5.82 Å². The molecule has 1 aromatic carbocycles. The first-order chi connectivity index (χ1) is 7.33. The SMILES string of the molecule is CN1c2cc(Cl)cc(F)c2C(=O)CS1(=O)=O. The molecule has 7 heteroatoms. The molecule has 0 saturated carbocycles. The molecule has 0 bridgehead atoms. The summed E-state index contributed by atoms with van der Waals surface area (Å²) in [5.41, 5.74) is -0.233. The molecule has 1 aromatic rings. The van der Waals surface area contributed by atoms with Crippen molar-refractivity contribution in [1.82, 2.24) is 0 Å². The highest BCUT2D eigenvalue weighted by Gasteiger charge is 2.34. The van der Waals surface area contributed by atoms with E-state index in [-0.39, 0.29) is 16.3 Å². The van der Waals surface area contributed by atoms with E-state index in [1.807, 2.05) is 0 Å². The van der Waals surface area contributed by atoms with Crippen molar-refractivity contribution in [2.75, 3.05) is 17.1 Å². The molecule has 0 saturated heterocycles. The van der Waals surface area contributed by atoms with E-state index in [2.05, 4.69) is 0 Å². The Morgan fingerprint density at radius 1 is 1.44 bits per heavy atom. The summed E-state index contributed by atoms with van der Waals surface area (Å²) >= 11 is 5.62. The van der Waals surface area contributed by atoms with Gasteiger partial charge in [0.05, 0.1) is 11.3 Å². The predicted octanol–water partition coefficient (Wildman–Crippen LogP) is 1.44. The second-order valence-corrected chi connectivity index (χ2v) is 5.87. The fourth-order valence-corrected chi connectivity index (χ4v) is 2.88. The molecule has 16 heavy (non-hydrogen) atoms. The molecule has 0 aromatic heterocycles. The van der Waals surface area contributed by atoms with E-state index in [1.54, 1.807) is 0 Å². The van der Waals surface area contributed by atoms with Crippen molar-refractivity contribution in [3.05, 3.63) is 28.5 Å². The van der Waals surface area contributed by atoms with Gasteiger partial charge in [-0.25, -0.2) is 12.8 Å². The number of benzene rings is 1. The minimum absolute atomic E-state index is 0.0127. The van der Waals surface area contributed by atoms with Gasteiger partial charge in [-0.3, -0.25) is 9.10 Å². The van der Waals surface area contributed by atoms with Gasteiger partial charge in [0.15, 0.2) is 5.78 Å². The van der Waals surface area contributed by atoms with E-state index < -0.39 is 27.4 Å². The van der Waals surface area contributed by atoms with E-state index in [0.29, 0.717) is 0 Å². The Bertz CT molecular complexity index is 585. The van der Waals surface area contributed by atoms with Crippen molar-refractivity contribution in [3.63, 3.8) is 0 Å². The topological polar surface area (TPSA) is 54.5 Å². The number of carbonyl (C=O) groups is 1. The second-order valence-electron chi connectivity index (χ2n) is 3.43. The highest BCUT2D eigenvalue weighted by atomic mass is 35.5. The van der Waals surface area contributed by atoms with E-state index in [9.17, 15) is 17.6 Å². The minimum atomic E-state index is -3.70. The number of nitrogens with zero attached hydrogens (tertiary/aromatic N) is 1. The Balaban J connectivity index is 2.78. The van der Waals surface area contributed by atoms with Gasteiger partial charge in [0, 0.05) is 12.1 Å². The number of anilines is 1. The molecular weight excluding hydrogens is 257 g/mol. The van der Waals surface area contributed by atoms with Gasteiger partial charge in [0.2, 0.25) is 10.0 Å². The quantitative estimate of drug-likeness (QED) is 0.712. The van der Waals surface area contributed by atoms with Crippen molar-refractivity contribution in [2.24, 2.45) is 0 Å². The summed E-state index contributed by atoms with van der Waals surface area (Å²) in [6.45, 7) is 0. The third kappa shape index (κ3) is 1.58. The third-order valence-electron chi connectivity index (χ3n) is 2.38. The summed E-state index contributed by atoms with van der Waals surface area (Å²) in [4.78, 5) is 11.5. The van der Waals surface area contributed by atoms with Crippen molar-refractivity contribution < 1.29 is 17.6 Å². The zero-order chi connectivity index (χ0) is 12.1. The summed E-state index contributed by atoms with van der Waals surface area (Å²) in [6.07, 6.45) is 0. The first-order valence-corrected chi connectivity index (χ1v) is 6.30. The second kappa shape index (κ2) is 3.43. The maximum Gasteiger partial charge on any atom is 0.242 e. The van der Waals surface area contributed by atoms with Crippen LogP contribution in [0.1, 0.15) is 10.4 Å². The Morgan fingerprint density at radius 3 is 2.69 bits per heavy atom. The molecule has 1 aliphatic heterocycles. The standard InChI is InChI=1S/C9H7ClFNO3S/c1-12-7-3-5(10)2-6(11)9(7)8(13)4-16(12,14)15/h2-3H,4H2,1H3. The molecule has 0 unspecified atom stereocenters. The summed E-state index contributed by atoms with van der Waals surface area (Å²) in [5.74, 6) is -2.26. The number of halogens is 2. The first-order valence-electron chi connectivity index (χ1n) is 4.32. The van der Waals surface area contributed by atoms with Gasteiger partial charge < -0.3 is 0 Å². The van der Waals surface area contributed by atoms with E-state index in [4.69, 9.17) is 11.6 Å². The van der Waals surface area contributed by atoms with Crippen LogP contribution in [0.5, 0.6) is 0 Å². The average Bonchev–Trinajstić information content (AvgIpc) is 2.12. The molecule has 0 N–H and O–H groups in total. The summed E-state index contributed by atoms with van der Waals surface area (Å²) in [6, 6.07) is 2.25. The van der Waals surface area contributed by atoms with E-state index in [1.165, 1.54) is 13.1 Å². The van der Waals surface area contributed by atoms with Gasteiger partial charge in [-0.15, -0.1) is 0 Å². The largest absolute Gasteiger partial charge is 0.293 e. The molecule has 1 heterocycles. The number of hydrogen-bond donors (Lipinski definition) is 0. The van der Waals surface area contributed by atoms with Crippen LogP contribution in [-0.2, 0) is 10.0 Å². The lowest BCUT2D eigenvalue weighted by molar-refractivity contribution is 0.101. The van der Waals surface area contributed by atoms with Crippen LogP contribution >= 0.6 is 11.6 Å². The van der Waals surface area contributed by atoms with Crippen molar-refractivity contribution in [3.8, 4) is 0 Å². The molecule has 0 spiro atoms. The fraction of sp³-hybridized carbons (Fsp3) is 0.222. The summed E-state index contributed by atoms with van der Waals surface area (Å²) < 4.78 is 37.4. The minimum Gasteiger partial charge on any atom is -0.293 e.